The van der Waals surface area contributed by atoms with Gasteiger partial charge in [0.15, 0.2) is 17.3 Å². The van der Waals surface area contributed by atoms with Crippen molar-refractivity contribution in [2.24, 2.45) is 5.10 Å². The molecule has 0 aliphatic rings. The van der Waals surface area contributed by atoms with Crippen molar-refractivity contribution in [2.75, 3.05) is 13.7 Å². The third kappa shape index (κ3) is 4.20. The molecule has 0 saturated carbocycles. The minimum atomic E-state index is -0.251. The summed E-state index contributed by atoms with van der Waals surface area (Å²) < 4.78 is 13.9. The van der Waals surface area contributed by atoms with E-state index in [1.54, 1.807) is 25.5 Å². The van der Waals surface area contributed by atoms with Crippen molar-refractivity contribution in [1.29, 1.82) is 0 Å². The van der Waals surface area contributed by atoms with E-state index in [0.29, 0.717) is 44.9 Å². The highest BCUT2D eigenvalue weighted by Gasteiger charge is 2.17. The lowest BCUT2D eigenvalue weighted by Crippen LogP contribution is -2.20. The number of nitrogens with zero attached hydrogens (tertiary/aromatic N) is 3. The smallest absolute Gasteiger partial charge is 0.282 e. The Morgan fingerprint density at radius 3 is 2.50 bits per heavy atom. The summed E-state index contributed by atoms with van der Waals surface area (Å²) in [6.07, 6.45) is 1.59. The molecule has 6 nitrogen and oxygen atoms in total. The maximum atomic E-state index is 13.3. The Kier molecular flexibility index (Phi) is 6.72. The van der Waals surface area contributed by atoms with Gasteiger partial charge in [-0.15, -0.1) is 0 Å². The second-order valence-electron chi connectivity index (χ2n) is 6.74. The van der Waals surface area contributed by atoms with Crippen LogP contribution in [0.5, 0.6) is 11.5 Å². The van der Waals surface area contributed by atoms with Gasteiger partial charge in [-0.3, -0.25) is 4.79 Å². The average molecular weight is 557 g/mol. The van der Waals surface area contributed by atoms with E-state index in [-0.39, 0.29) is 5.56 Å². The number of aromatic nitrogens is 2. The van der Waals surface area contributed by atoms with Gasteiger partial charge in [0.05, 0.1) is 35.3 Å². The highest BCUT2D eigenvalue weighted by Crippen LogP contribution is 2.42. The van der Waals surface area contributed by atoms with E-state index in [0.717, 1.165) is 10.0 Å². The number of fused-ring (bicyclic) bond motifs is 1. The van der Waals surface area contributed by atoms with Crippen molar-refractivity contribution in [3.8, 4) is 22.9 Å². The van der Waals surface area contributed by atoms with Crippen LogP contribution in [0.1, 0.15) is 12.5 Å². The van der Waals surface area contributed by atoms with E-state index < -0.39 is 0 Å². The van der Waals surface area contributed by atoms with E-state index in [2.05, 4.69) is 37.0 Å². The van der Waals surface area contributed by atoms with Crippen LogP contribution in [0.2, 0.25) is 0 Å². The van der Waals surface area contributed by atoms with Crippen molar-refractivity contribution in [3.63, 3.8) is 0 Å². The first kappa shape index (κ1) is 22.2. The molecule has 32 heavy (non-hydrogen) atoms. The zero-order valence-corrected chi connectivity index (χ0v) is 20.6. The SMILES string of the molecule is CCOc1c(OC)cc(C=Nn2c(-c3ccccc3)nc3ccccc3c2=O)c(Br)c1Br. The number of para-hydroxylation sites is 1. The predicted octanol–water partition coefficient (Wildman–Crippen LogP) is 5.88. The van der Waals surface area contributed by atoms with Crippen molar-refractivity contribution in [3.05, 3.63) is 85.5 Å². The van der Waals surface area contributed by atoms with E-state index >= 15 is 0 Å². The van der Waals surface area contributed by atoms with Crippen LogP contribution < -0.4 is 15.0 Å². The fourth-order valence-electron chi connectivity index (χ4n) is 3.25. The molecule has 0 radical (unpaired) electrons. The fraction of sp³-hybridized carbons (Fsp3) is 0.125. The molecular formula is C24H19Br2N3O3. The Morgan fingerprint density at radius 2 is 1.78 bits per heavy atom. The Bertz CT molecular complexity index is 1370. The van der Waals surface area contributed by atoms with E-state index in [1.165, 1.54) is 4.68 Å². The topological polar surface area (TPSA) is 65.7 Å². The molecule has 1 aromatic heterocycles. The maximum Gasteiger partial charge on any atom is 0.282 e. The zero-order valence-electron chi connectivity index (χ0n) is 17.4. The molecule has 0 spiro atoms. The second-order valence-corrected chi connectivity index (χ2v) is 8.32. The Balaban J connectivity index is 1.91. The molecule has 0 aliphatic heterocycles. The van der Waals surface area contributed by atoms with Crippen LogP contribution in [-0.2, 0) is 0 Å². The van der Waals surface area contributed by atoms with Gasteiger partial charge in [0.1, 0.15) is 0 Å². The van der Waals surface area contributed by atoms with E-state index in [9.17, 15) is 4.79 Å². The van der Waals surface area contributed by atoms with Gasteiger partial charge in [0, 0.05) is 15.6 Å². The van der Waals surface area contributed by atoms with Crippen LogP contribution in [0, 0.1) is 0 Å². The quantitative estimate of drug-likeness (QED) is 0.278. The molecule has 0 atom stereocenters. The number of rotatable bonds is 6. The standard InChI is InChI=1S/C24H19Br2N3O3/c1-3-32-22-19(31-2)13-16(20(25)21(22)26)14-27-29-23(15-9-5-4-6-10-15)28-18-12-8-7-11-17(18)24(29)30/h4-14H,3H2,1-2H3. The van der Waals surface area contributed by atoms with Crippen molar-refractivity contribution >= 4 is 49.0 Å². The van der Waals surface area contributed by atoms with Crippen LogP contribution in [-0.4, -0.2) is 29.6 Å². The monoisotopic (exact) mass is 555 g/mol. The number of hydrogen-bond acceptors (Lipinski definition) is 5. The van der Waals surface area contributed by atoms with Gasteiger partial charge in [0.25, 0.3) is 5.56 Å². The van der Waals surface area contributed by atoms with Crippen LogP contribution in [0.25, 0.3) is 22.3 Å². The third-order valence-corrected chi connectivity index (χ3v) is 6.91. The van der Waals surface area contributed by atoms with Crippen molar-refractivity contribution < 1.29 is 9.47 Å². The van der Waals surface area contributed by atoms with E-state index in [4.69, 9.17) is 14.5 Å². The van der Waals surface area contributed by atoms with Gasteiger partial charge < -0.3 is 9.47 Å². The molecule has 3 aromatic carbocycles. The van der Waals surface area contributed by atoms with Crippen LogP contribution in [0.15, 0.2) is 79.5 Å². The molecule has 0 N–H and O–H groups in total. The van der Waals surface area contributed by atoms with Crippen LogP contribution in [0.4, 0.5) is 0 Å². The first-order chi connectivity index (χ1) is 15.5. The summed E-state index contributed by atoms with van der Waals surface area (Å²) in [5, 5.41) is 5.02. The van der Waals surface area contributed by atoms with Gasteiger partial charge in [-0.2, -0.15) is 9.78 Å². The molecule has 0 amide bonds. The summed E-state index contributed by atoms with van der Waals surface area (Å²) in [7, 11) is 1.57. The number of benzene rings is 3. The predicted molar refractivity (Wildman–Crippen MR) is 134 cm³/mol. The summed E-state index contributed by atoms with van der Waals surface area (Å²) >= 11 is 7.14. The van der Waals surface area contributed by atoms with Gasteiger partial charge in [-0.1, -0.05) is 42.5 Å². The van der Waals surface area contributed by atoms with Crippen LogP contribution in [0.3, 0.4) is 0 Å². The van der Waals surface area contributed by atoms with Gasteiger partial charge in [0.2, 0.25) is 0 Å². The number of methoxy groups -OCH3 is 1. The Morgan fingerprint density at radius 1 is 1.06 bits per heavy atom. The molecule has 1 heterocycles. The summed E-state index contributed by atoms with van der Waals surface area (Å²) in [5.41, 5.74) is 1.86. The lowest BCUT2D eigenvalue weighted by molar-refractivity contribution is 0.308. The molecule has 8 heteroatoms. The van der Waals surface area contributed by atoms with E-state index in [1.807, 2.05) is 55.5 Å². The summed E-state index contributed by atoms with van der Waals surface area (Å²) in [5.74, 6) is 1.60. The zero-order chi connectivity index (χ0) is 22.7. The molecule has 0 saturated heterocycles. The highest BCUT2D eigenvalue weighted by molar-refractivity contribution is 9.13. The largest absolute Gasteiger partial charge is 0.493 e. The highest BCUT2D eigenvalue weighted by atomic mass is 79.9. The van der Waals surface area contributed by atoms with Gasteiger partial charge in [-0.25, -0.2) is 4.98 Å². The number of hydrogen-bond donors (Lipinski definition) is 0. The Labute approximate surface area is 201 Å². The van der Waals surface area contributed by atoms with Gasteiger partial charge >= 0.3 is 0 Å². The minimum Gasteiger partial charge on any atom is -0.493 e. The van der Waals surface area contributed by atoms with Gasteiger partial charge in [-0.05, 0) is 57.0 Å². The lowest BCUT2D eigenvalue weighted by atomic mass is 10.2. The molecule has 4 aromatic rings. The number of halogens is 2. The van der Waals surface area contributed by atoms with Crippen LogP contribution >= 0.6 is 31.9 Å². The Hall–Kier alpha value is -2.97. The molecular weight excluding hydrogens is 538 g/mol. The average Bonchev–Trinajstić information content (AvgIpc) is 2.83. The molecule has 0 aliphatic carbocycles. The second kappa shape index (κ2) is 9.67. The summed E-state index contributed by atoms with van der Waals surface area (Å²) in [6.45, 7) is 2.40. The molecule has 0 fully saturated rings. The summed E-state index contributed by atoms with van der Waals surface area (Å²) in [4.78, 5) is 18.0. The summed E-state index contributed by atoms with van der Waals surface area (Å²) in [6, 6.07) is 18.5. The third-order valence-electron chi connectivity index (χ3n) is 4.76. The van der Waals surface area contributed by atoms with Crippen molar-refractivity contribution in [2.45, 2.75) is 6.92 Å². The first-order valence-electron chi connectivity index (χ1n) is 9.85. The molecule has 0 unspecified atom stereocenters. The minimum absolute atomic E-state index is 0.251. The molecule has 4 rings (SSSR count). The normalized spacial score (nSPS) is 11.2. The van der Waals surface area contributed by atoms with Crippen molar-refractivity contribution in [1.82, 2.24) is 9.66 Å². The fourth-order valence-corrected chi connectivity index (χ4v) is 4.19. The lowest BCUT2D eigenvalue weighted by Gasteiger charge is -2.14. The first-order valence-corrected chi connectivity index (χ1v) is 11.4. The number of ether oxygens (including phenoxy) is 2. The molecule has 0 bridgehead atoms. The maximum absolute atomic E-state index is 13.3. The molecule has 162 valence electrons.